The van der Waals surface area contributed by atoms with Crippen LogP contribution in [0.5, 0.6) is 0 Å². The number of amides is 1. The van der Waals surface area contributed by atoms with Crippen molar-refractivity contribution in [3.05, 3.63) is 35.9 Å². The molecule has 1 aromatic carbocycles. The van der Waals surface area contributed by atoms with Gasteiger partial charge in [0, 0.05) is 19.7 Å². The molecule has 1 aromatic rings. The maximum atomic E-state index is 11.8. The van der Waals surface area contributed by atoms with E-state index < -0.39 is 0 Å². The Morgan fingerprint density at radius 2 is 2.00 bits per heavy atom. The molecule has 0 saturated heterocycles. The Balaban J connectivity index is 0.00000289. The van der Waals surface area contributed by atoms with Gasteiger partial charge >= 0.3 is 0 Å². The maximum absolute atomic E-state index is 11.8. The molecule has 0 aliphatic carbocycles. The molecule has 3 N–H and O–H groups in total. The van der Waals surface area contributed by atoms with Crippen molar-refractivity contribution in [1.82, 2.24) is 5.32 Å². The fourth-order valence-corrected chi connectivity index (χ4v) is 1.56. The number of hydrogen-bond donors (Lipinski definition) is 2. The van der Waals surface area contributed by atoms with Crippen molar-refractivity contribution in [2.45, 2.75) is 13.0 Å². The lowest BCUT2D eigenvalue weighted by atomic mass is 9.95. The number of rotatable bonds is 6. The summed E-state index contributed by atoms with van der Waals surface area (Å²) in [5.74, 6) is -0.298. The fourth-order valence-electron chi connectivity index (χ4n) is 1.56. The van der Waals surface area contributed by atoms with Crippen molar-refractivity contribution in [2.75, 3.05) is 20.3 Å². The van der Waals surface area contributed by atoms with Crippen LogP contribution in [0.4, 0.5) is 0 Å². The smallest absolute Gasteiger partial charge is 0.224 e. The van der Waals surface area contributed by atoms with Gasteiger partial charge in [-0.3, -0.25) is 4.79 Å². The van der Waals surface area contributed by atoms with Crippen molar-refractivity contribution >= 4 is 18.3 Å². The van der Waals surface area contributed by atoms with E-state index in [0.29, 0.717) is 13.2 Å². The molecule has 4 nitrogen and oxygen atoms in total. The third kappa shape index (κ3) is 5.04. The molecule has 102 valence electrons. The van der Waals surface area contributed by atoms with E-state index >= 15 is 0 Å². The lowest BCUT2D eigenvalue weighted by molar-refractivity contribution is -0.125. The van der Waals surface area contributed by atoms with Crippen molar-refractivity contribution in [2.24, 2.45) is 11.7 Å². The molecule has 0 spiro atoms. The van der Waals surface area contributed by atoms with Gasteiger partial charge in [-0.15, -0.1) is 12.4 Å². The van der Waals surface area contributed by atoms with Crippen LogP contribution in [-0.2, 0) is 9.53 Å². The summed E-state index contributed by atoms with van der Waals surface area (Å²) in [5, 5.41) is 2.79. The number of carbonyl (C=O) groups is 1. The maximum Gasteiger partial charge on any atom is 0.224 e. The molecular formula is C13H21ClN2O2. The van der Waals surface area contributed by atoms with Crippen LogP contribution >= 0.6 is 12.4 Å². The lowest BCUT2D eigenvalue weighted by Gasteiger charge is -2.19. The Labute approximate surface area is 114 Å². The largest absolute Gasteiger partial charge is 0.383 e. The average Bonchev–Trinajstić information content (AvgIpc) is 2.38. The van der Waals surface area contributed by atoms with E-state index in [1.165, 1.54) is 0 Å². The summed E-state index contributed by atoms with van der Waals surface area (Å²) < 4.78 is 4.87. The molecule has 18 heavy (non-hydrogen) atoms. The van der Waals surface area contributed by atoms with Crippen LogP contribution in [0, 0.1) is 5.92 Å². The van der Waals surface area contributed by atoms with E-state index in [1.54, 1.807) is 7.11 Å². The van der Waals surface area contributed by atoms with Crippen LogP contribution < -0.4 is 11.1 Å². The summed E-state index contributed by atoms with van der Waals surface area (Å²) in [5.41, 5.74) is 7.03. The van der Waals surface area contributed by atoms with Gasteiger partial charge in [0.05, 0.1) is 12.5 Å². The topological polar surface area (TPSA) is 64.3 Å². The Morgan fingerprint density at radius 1 is 1.39 bits per heavy atom. The quantitative estimate of drug-likeness (QED) is 0.772. The monoisotopic (exact) mass is 272 g/mol. The molecule has 0 fully saturated rings. The van der Waals surface area contributed by atoms with E-state index in [2.05, 4.69) is 5.32 Å². The summed E-state index contributed by atoms with van der Waals surface area (Å²) in [7, 11) is 1.60. The minimum atomic E-state index is -0.279. The zero-order valence-corrected chi connectivity index (χ0v) is 11.6. The third-order valence-electron chi connectivity index (χ3n) is 2.74. The van der Waals surface area contributed by atoms with Gasteiger partial charge in [0.15, 0.2) is 0 Å². The second-order valence-corrected chi connectivity index (χ2v) is 4.01. The van der Waals surface area contributed by atoms with Crippen molar-refractivity contribution in [3.63, 3.8) is 0 Å². The summed E-state index contributed by atoms with van der Waals surface area (Å²) in [6.45, 7) is 2.86. The highest BCUT2D eigenvalue weighted by molar-refractivity contribution is 5.85. The highest BCUT2D eigenvalue weighted by atomic mass is 35.5. The summed E-state index contributed by atoms with van der Waals surface area (Å²) >= 11 is 0. The molecule has 0 aromatic heterocycles. The molecule has 0 saturated carbocycles. The van der Waals surface area contributed by atoms with Crippen LogP contribution in [-0.4, -0.2) is 26.2 Å². The first-order chi connectivity index (χ1) is 8.16. The minimum Gasteiger partial charge on any atom is -0.383 e. The van der Waals surface area contributed by atoms with Crippen LogP contribution in [0.1, 0.15) is 18.5 Å². The number of methoxy groups -OCH3 is 1. The molecule has 0 radical (unpaired) electrons. The minimum absolute atomic E-state index is 0. The van der Waals surface area contributed by atoms with Crippen molar-refractivity contribution in [3.8, 4) is 0 Å². The highest BCUT2D eigenvalue weighted by Gasteiger charge is 2.21. The van der Waals surface area contributed by atoms with Gasteiger partial charge in [-0.25, -0.2) is 0 Å². The Bertz CT molecular complexity index is 346. The summed E-state index contributed by atoms with van der Waals surface area (Å²) in [4.78, 5) is 11.8. The standard InChI is InChI=1S/C13H20N2O2.ClH/c1-10(13(16)15-8-9-17-2)12(14)11-6-4-3-5-7-11;/h3-7,10,12H,8-9,14H2,1-2H3,(H,15,16);1H. The van der Waals surface area contributed by atoms with E-state index in [9.17, 15) is 4.79 Å². The average molecular weight is 273 g/mol. The highest BCUT2D eigenvalue weighted by Crippen LogP contribution is 2.18. The van der Waals surface area contributed by atoms with Crippen LogP contribution in [0.2, 0.25) is 0 Å². The first-order valence-electron chi connectivity index (χ1n) is 5.74. The number of halogens is 1. The van der Waals surface area contributed by atoms with Crippen LogP contribution in [0.15, 0.2) is 30.3 Å². The Hall–Kier alpha value is -1.10. The molecule has 1 amide bonds. The van der Waals surface area contributed by atoms with E-state index in [-0.39, 0.29) is 30.3 Å². The SMILES string of the molecule is COCCNC(=O)C(C)C(N)c1ccccc1.Cl. The van der Waals surface area contributed by atoms with Gasteiger partial charge in [-0.1, -0.05) is 37.3 Å². The first-order valence-corrected chi connectivity index (χ1v) is 5.74. The van der Waals surface area contributed by atoms with E-state index in [4.69, 9.17) is 10.5 Å². The second kappa shape index (κ2) is 8.91. The molecule has 0 aliphatic heterocycles. The molecule has 0 bridgehead atoms. The van der Waals surface area contributed by atoms with Gasteiger partial charge in [0.25, 0.3) is 0 Å². The number of carbonyl (C=O) groups excluding carboxylic acids is 1. The van der Waals surface area contributed by atoms with Crippen LogP contribution in [0.3, 0.4) is 0 Å². The van der Waals surface area contributed by atoms with Crippen LogP contribution in [0.25, 0.3) is 0 Å². The molecular weight excluding hydrogens is 252 g/mol. The number of ether oxygens (including phenoxy) is 1. The molecule has 2 atom stereocenters. The number of benzene rings is 1. The van der Waals surface area contributed by atoms with E-state index in [0.717, 1.165) is 5.56 Å². The third-order valence-corrected chi connectivity index (χ3v) is 2.74. The van der Waals surface area contributed by atoms with Crippen molar-refractivity contribution < 1.29 is 9.53 Å². The van der Waals surface area contributed by atoms with Gasteiger partial charge in [0.2, 0.25) is 5.91 Å². The lowest BCUT2D eigenvalue weighted by Crippen LogP contribution is -2.37. The Kier molecular flexibility index (Phi) is 8.37. The molecule has 2 unspecified atom stereocenters. The van der Waals surface area contributed by atoms with Crippen molar-refractivity contribution in [1.29, 1.82) is 0 Å². The van der Waals surface area contributed by atoms with Gasteiger partial charge in [-0.05, 0) is 5.56 Å². The number of nitrogens with two attached hydrogens (primary N) is 1. The van der Waals surface area contributed by atoms with Gasteiger partial charge in [-0.2, -0.15) is 0 Å². The van der Waals surface area contributed by atoms with Gasteiger partial charge in [0.1, 0.15) is 0 Å². The fraction of sp³-hybridized carbons (Fsp3) is 0.462. The normalized spacial score (nSPS) is 13.3. The second-order valence-electron chi connectivity index (χ2n) is 4.01. The van der Waals surface area contributed by atoms with E-state index in [1.807, 2.05) is 37.3 Å². The zero-order valence-electron chi connectivity index (χ0n) is 10.8. The zero-order chi connectivity index (χ0) is 12.7. The molecule has 0 heterocycles. The molecule has 1 rings (SSSR count). The molecule has 0 aliphatic rings. The first kappa shape index (κ1) is 16.9. The number of hydrogen-bond acceptors (Lipinski definition) is 3. The Morgan fingerprint density at radius 3 is 2.56 bits per heavy atom. The van der Waals surface area contributed by atoms with Gasteiger partial charge < -0.3 is 15.8 Å². The predicted octanol–water partition coefficient (Wildman–Crippen LogP) is 1.51. The number of nitrogens with one attached hydrogen (secondary N) is 1. The summed E-state index contributed by atoms with van der Waals surface area (Å²) in [6.07, 6.45) is 0. The summed E-state index contributed by atoms with van der Waals surface area (Å²) in [6, 6.07) is 9.36. The molecule has 5 heteroatoms. The predicted molar refractivity (Wildman–Crippen MR) is 74.7 cm³/mol.